The minimum atomic E-state index is -0.0695. The smallest absolute Gasteiger partial charge is 0.223 e. The van der Waals surface area contributed by atoms with E-state index < -0.39 is 0 Å². The largest absolute Gasteiger partial charge is 0.490 e. The zero-order chi connectivity index (χ0) is 13.4. The van der Waals surface area contributed by atoms with Gasteiger partial charge in [0.1, 0.15) is 0 Å². The predicted molar refractivity (Wildman–Crippen MR) is 67.7 cm³/mol. The summed E-state index contributed by atoms with van der Waals surface area (Å²) in [5.74, 6) is 1.10. The molecule has 0 saturated heterocycles. The van der Waals surface area contributed by atoms with Crippen LogP contribution in [0.1, 0.15) is 18.9 Å². The summed E-state index contributed by atoms with van der Waals surface area (Å²) in [7, 11) is 1.59. The maximum absolute atomic E-state index is 11.1. The number of rotatable bonds is 7. The molecule has 0 radical (unpaired) electrons. The Balaban J connectivity index is 2.65. The summed E-state index contributed by atoms with van der Waals surface area (Å²) >= 11 is 0. The summed E-state index contributed by atoms with van der Waals surface area (Å²) in [6.07, 6.45) is 0.295. The molecule has 18 heavy (non-hydrogen) atoms. The van der Waals surface area contributed by atoms with Crippen LogP contribution in [0.4, 0.5) is 0 Å². The number of amides is 1. The molecule has 0 aliphatic rings. The highest BCUT2D eigenvalue weighted by Gasteiger charge is 2.07. The van der Waals surface area contributed by atoms with Gasteiger partial charge in [0, 0.05) is 7.05 Å². The number of aliphatic hydroxyl groups is 1. The number of aliphatic hydroxyl groups excluding tert-OH is 1. The van der Waals surface area contributed by atoms with Gasteiger partial charge in [-0.1, -0.05) is 6.07 Å². The van der Waals surface area contributed by atoms with Gasteiger partial charge in [0.2, 0.25) is 5.91 Å². The number of ether oxygens (including phenoxy) is 2. The van der Waals surface area contributed by atoms with E-state index in [9.17, 15) is 4.79 Å². The molecule has 0 saturated carbocycles. The molecule has 0 atom stereocenters. The van der Waals surface area contributed by atoms with Crippen LogP contribution in [-0.2, 0) is 11.4 Å². The van der Waals surface area contributed by atoms with E-state index in [1.54, 1.807) is 25.2 Å². The van der Waals surface area contributed by atoms with Crippen molar-refractivity contribution in [2.24, 2.45) is 0 Å². The first kappa shape index (κ1) is 14.3. The molecule has 0 spiro atoms. The summed E-state index contributed by atoms with van der Waals surface area (Å²) in [5.41, 5.74) is 0.761. The fourth-order valence-electron chi connectivity index (χ4n) is 1.42. The minimum absolute atomic E-state index is 0.0431. The molecule has 0 aliphatic heterocycles. The third kappa shape index (κ3) is 4.25. The van der Waals surface area contributed by atoms with Crippen LogP contribution in [0, 0.1) is 0 Å². The summed E-state index contributed by atoms with van der Waals surface area (Å²) in [4.78, 5) is 11.1. The third-order valence-corrected chi connectivity index (χ3v) is 2.36. The summed E-state index contributed by atoms with van der Waals surface area (Å²) in [6, 6.07) is 5.23. The van der Waals surface area contributed by atoms with Crippen molar-refractivity contribution in [1.29, 1.82) is 0 Å². The molecule has 5 nitrogen and oxygen atoms in total. The third-order valence-electron chi connectivity index (χ3n) is 2.36. The highest BCUT2D eigenvalue weighted by Crippen LogP contribution is 2.28. The fourth-order valence-corrected chi connectivity index (χ4v) is 1.42. The van der Waals surface area contributed by atoms with Gasteiger partial charge in [-0.3, -0.25) is 4.79 Å². The van der Waals surface area contributed by atoms with E-state index in [4.69, 9.17) is 14.6 Å². The molecule has 0 aromatic heterocycles. The quantitative estimate of drug-likeness (QED) is 0.763. The van der Waals surface area contributed by atoms with E-state index in [1.165, 1.54) is 0 Å². The lowest BCUT2D eigenvalue weighted by atomic mass is 10.2. The maximum Gasteiger partial charge on any atom is 0.223 e. The van der Waals surface area contributed by atoms with Crippen molar-refractivity contribution >= 4 is 5.91 Å². The summed E-state index contributed by atoms with van der Waals surface area (Å²) < 4.78 is 10.9. The standard InChI is InChI=1S/C13H19NO4/c1-3-17-12-8-10(9-15)4-5-11(12)18-7-6-13(16)14-2/h4-5,8,15H,3,6-7,9H2,1-2H3,(H,14,16). The van der Waals surface area contributed by atoms with Crippen molar-refractivity contribution < 1.29 is 19.4 Å². The summed E-state index contributed by atoms with van der Waals surface area (Å²) in [6.45, 7) is 2.64. The average Bonchev–Trinajstić information content (AvgIpc) is 2.40. The monoisotopic (exact) mass is 253 g/mol. The topological polar surface area (TPSA) is 67.8 Å². The van der Waals surface area contributed by atoms with Crippen LogP contribution >= 0.6 is 0 Å². The van der Waals surface area contributed by atoms with E-state index in [2.05, 4.69) is 5.32 Å². The lowest BCUT2D eigenvalue weighted by Gasteiger charge is -2.12. The highest BCUT2D eigenvalue weighted by atomic mass is 16.5. The number of carbonyl (C=O) groups is 1. The van der Waals surface area contributed by atoms with E-state index in [-0.39, 0.29) is 19.1 Å². The fraction of sp³-hybridized carbons (Fsp3) is 0.462. The van der Waals surface area contributed by atoms with Gasteiger partial charge in [0.15, 0.2) is 11.5 Å². The van der Waals surface area contributed by atoms with Crippen LogP contribution in [0.2, 0.25) is 0 Å². The van der Waals surface area contributed by atoms with Crippen LogP contribution in [0.5, 0.6) is 11.5 Å². The molecule has 1 amide bonds. The van der Waals surface area contributed by atoms with Crippen LogP contribution in [0.25, 0.3) is 0 Å². The van der Waals surface area contributed by atoms with Gasteiger partial charge in [-0.25, -0.2) is 0 Å². The number of nitrogens with one attached hydrogen (secondary N) is 1. The molecule has 2 N–H and O–H groups in total. The molecule has 0 fully saturated rings. The van der Waals surface area contributed by atoms with E-state index in [0.29, 0.717) is 24.5 Å². The van der Waals surface area contributed by atoms with Gasteiger partial charge in [-0.2, -0.15) is 0 Å². The second kappa shape index (κ2) is 7.55. The van der Waals surface area contributed by atoms with Gasteiger partial charge in [-0.15, -0.1) is 0 Å². The van der Waals surface area contributed by atoms with Crippen molar-refractivity contribution in [1.82, 2.24) is 5.32 Å². The van der Waals surface area contributed by atoms with E-state index >= 15 is 0 Å². The second-order valence-electron chi connectivity index (χ2n) is 3.64. The van der Waals surface area contributed by atoms with Crippen molar-refractivity contribution in [3.63, 3.8) is 0 Å². The van der Waals surface area contributed by atoms with Crippen LogP contribution in [0.3, 0.4) is 0 Å². The van der Waals surface area contributed by atoms with E-state index in [0.717, 1.165) is 5.56 Å². The Morgan fingerprint density at radius 3 is 2.72 bits per heavy atom. The predicted octanol–water partition coefficient (Wildman–Crippen LogP) is 1.09. The second-order valence-corrected chi connectivity index (χ2v) is 3.64. The molecule has 0 unspecified atom stereocenters. The Hall–Kier alpha value is -1.75. The summed E-state index contributed by atoms with van der Waals surface area (Å²) in [5, 5.41) is 11.6. The van der Waals surface area contributed by atoms with Crippen LogP contribution < -0.4 is 14.8 Å². The van der Waals surface area contributed by atoms with Gasteiger partial charge in [-0.05, 0) is 24.6 Å². The first-order chi connectivity index (χ1) is 8.71. The highest BCUT2D eigenvalue weighted by molar-refractivity contribution is 5.75. The minimum Gasteiger partial charge on any atom is -0.490 e. The SMILES string of the molecule is CCOc1cc(CO)ccc1OCCC(=O)NC. The lowest BCUT2D eigenvalue weighted by molar-refractivity contribution is -0.121. The van der Waals surface area contributed by atoms with Crippen molar-refractivity contribution in [2.75, 3.05) is 20.3 Å². The normalized spacial score (nSPS) is 9.94. The van der Waals surface area contributed by atoms with Crippen molar-refractivity contribution in [3.8, 4) is 11.5 Å². The molecule has 0 bridgehead atoms. The first-order valence-electron chi connectivity index (χ1n) is 5.91. The van der Waals surface area contributed by atoms with Gasteiger partial charge in [0.05, 0.1) is 26.2 Å². The van der Waals surface area contributed by atoms with Gasteiger partial charge in [0.25, 0.3) is 0 Å². The first-order valence-corrected chi connectivity index (χ1v) is 5.91. The Bertz CT molecular complexity index is 393. The van der Waals surface area contributed by atoms with E-state index in [1.807, 2.05) is 6.92 Å². The van der Waals surface area contributed by atoms with Gasteiger partial charge < -0.3 is 19.9 Å². The molecule has 100 valence electrons. The Labute approximate surface area is 107 Å². The molecule has 1 rings (SSSR count). The number of carbonyl (C=O) groups excluding carboxylic acids is 1. The maximum atomic E-state index is 11.1. The van der Waals surface area contributed by atoms with Crippen LogP contribution in [-0.4, -0.2) is 31.3 Å². The molecular weight excluding hydrogens is 234 g/mol. The zero-order valence-corrected chi connectivity index (χ0v) is 10.7. The van der Waals surface area contributed by atoms with Gasteiger partial charge >= 0.3 is 0 Å². The molecule has 1 aromatic rings. The van der Waals surface area contributed by atoms with Crippen molar-refractivity contribution in [3.05, 3.63) is 23.8 Å². The van der Waals surface area contributed by atoms with Crippen LogP contribution in [0.15, 0.2) is 18.2 Å². The molecule has 0 heterocycles. The van der Waals surface area contributed by atoms with Crippen molar-refractivity contribution in [2.45, 2.75) is 20.0 Å². The number of hydrogen-bond donors (Lipinski definition) is 2. The zero-order valence-electron chi connectivity index (χ0n) is 10.7. The Morgan fingerprint density at radius 1 is 1.33 bits per heavy atom. The Kier molecular flexibility index (Phi) is 6.00. The Morgan fingerprint density at radius 2 is 2.11 bits per heavy atom. The average molecular weight is 253 g/mol. The lowest BCUT2D eigenvalue weighted by Crippen LogP contribution is -2.20. The molecular formula is C13H19NO4. The molecule has 5 heteroatoms. The molecule has 0 aliphatic carbocycles. The number of benzene rings is 1. The molecule has 1 aromatic carbocycles. The number of hydrogen-bond acceptors (Lipinski definition) is 4.